The molecular formula is C18H21BF2O3. The van der Waals surface area contributed by atoms with Crippen molar-refractivity contribution in [3.8, 4) is 11.8 Å². The summed E-state index contributed by atoms with van der Waals surface area (Å²) in [6, 6.07) is 4.13. The highest BCUT2D eigenvalue weighted by Gasteiger charge is 2.53. The van der Waals surface area contributed by atoms with Crippen molar-refractivity contribution in [1.29, 1.82) is 0 Å². The smallest absolute Gasteiger partial charge is 0.398 e. The summed E-state index contributed by atoms with van der Waals surface area (Å²) in [5, 5.41) is 8.71. The highest BCUT2D eigenvalue weighted by atomic mass is 19.1. The van der Waals surface area contributed by atoms with Crippen LogP contribution in [0, 0.1) is 17.7 Å². The quantitative estimate of drug-likeness (QED) is 0.679. The lowest BCUT2D eigenvalue weighted by Gasteiger charge is -2.32. The van der Waals surface area contributed by atoms with E-state index in [4.69, 9.17) is 14.4 Å². The maximum Gasteiger partial charge on any atom is 0.525 e. The van der Waals surface area contributed by atoms with E-state index >= 15 is 0 Å². The van der Waals surface area contributed by atoms with Crippen molar-refractivity contribution >= 4 is 13.2 Å². The maximum atomic E-state index is 14.5. The molecule has 0 aromatic heterocycles. The molecule has 0 saturated carbocycles. The Labute approximate surface area is 141 Å². The van der Waals surface area contributed by atoms with Crippen LogP contribution in [-0.2, 0) is 9.31 Å². The van der Waals surface area contributed by atoms with Gasteiger partial charge in [-0.1, -0.05) is 17.9 Å². The maximum absolute atomic E-state index is 14.5. The molecule has 0 amide bonds. The Morgan fingerprint density at radius 2 is 1.88 bits per heavy atom. The predicted molar refractivity (Wildman–Crippen MR) is 90.1 cm³/mol. The number of benzene rings is 1. The number of aliphatic hydroxyl groups is 1. The average Bonchev–Trinajstić information content (AvgIpc) is 2.71. The van der Waals surface area contributed by atoms with Crippen LogP contribution in [0.25, 0.3) is 6.08 Å². The number of aliphatic hydroxyl groups excluding tert-OH is 1. The first-order valence-electron chi connectivity index (χ1n) is 7.78. The summed E-state index contributed by atoms with van der Waals surface area (Å²) in [5.41, 5.74) is -1.25. The molecule has 1 aromatic rings. The van der Waals surface area contributed by atoms with Crippen LogP contribution in [0.4, 0.5) is 8.78 Å². The van der Waals surface area contributed by atoms with Gasteiger partial charge in [0, 0.05) is 6.42 Å². The molecule has 24 heavy (non-hydrogen) atoms. The van der Waals surface area contributed by atoms with Crippen LogP contribution in [0.15, 0.2) is 23.9 Å². The van der Waals surface area contributed by atoms with Crippen molar-refractivity contribution in [2.75, 3.05) is 6.61 Å². The molecule has 1 fully saturated rings. The monoisotopic (exact) mass is 334 g/mol. The zero-order valence-corrected chi connectivity index (χ0v) is 14.3. The highest BCUT2D eigenvalue weighted by Crippen LogP contribution is 2.39. The molecule has 128 valence electrons. The zero-order valence-electron chi connectivity index (χ0n) is 14.3. The molecule has 1 aliphatic heterocycles. The van der Waals surface area contributed by atoms with Crippen molar-refractivity contribution in [2.24, 2.45) is 0 Å². The zero-order chi connectivity index (χ0) is 18.0. The first kappa shape index (κ1) is 18.7. The van der Waals surface area contributed by atoms with Crippen molar-refractivity contribution in [2.45, 2.75) is 45.3 Å². The van der Waals surface area contributed by atoms with Crippen LogP contribution < -0.4 is 0 Å². The first-order chi connectivity index (χ1) is 11.2. The second-order valence-electron chi connectivity index (χ2n) is 6.63. The van der Waals surface area contributed by atoms with Crippen LogP contribution in [0.5, 0.6) is 0 Å². The number of rotatable bonds is 3. The van der Waals surface area contributed by atoms with Crippen LogP contribution in [0.1, 0.15) is 45.2 Å². The Morgan fingerprint density at radius 3 is 2.46 bits per heavy atom. The van der Waals surface area contributed by atoms with E-state index in [1.54, 1.807) is 0 Å². The van der Waals surface area contributed by atoms with Crippen LogP contribution in [0.3, 0.4) is 0 Å². The van der Waals surface area contributed by atoms with Gasteiger partial charge in [-0.2, -0.15) is 0 Å². The van der Waals surface area contributed by atoms with Gasteiger partial charge in [-0.05, 0) is 51.5 Å². The van der Waals surface area contributed by atoms with Gasteiger partial charge >= 0.3 is 7.12 Å². The SMILES string of the molecule is CC1(C)OB(C(F)=Cc2ccc(F)c(C#CCCO)c2)OC1(C)C. The fourth-order valence-corrected chi connectivity index (χ4v) is 2.12. The van der Waals surface area contributed by atoms with E-state index in [2.05, 4.69) is 11.8 Å². The average molecular weight is 334 g/mol. The normalized spacial score (nSPS) is 19.1. The molecule has 0 spiro atoms. The Hall–Kier alpha value is -1.68. The van der Waals surface area contributed by atoms with Crippen molar-refractivity contribution in [3.63, 3.8) is 0 Å². The van der Waals surface area contributed by atoms with Crippen molar-refractivity contribution in [1.82, 2.24) is 0 Å². The van der Waals surface area contributed by atoms with E-state index in [1.165, 1.54) is 24.3 Å². The Kier molecular flexibility index (Phi) is 5.49. The second kappa shape index (κ2) is 7.06. The van der Waals surface area contributed by atoms with Gasteiger partial charge in [-0.15, -0.1) is 0 Å². The van der Waals surface area contributed by atoms with E-state index in [0.29, 0.717) is 5.56 Å². The van der Waals surface area contributed by atoms with Crippen LogP contribution in [0.2, 0.25) is 0 Å². The summed E-state index contributed by atoms with van der Waals surface area (Å²) in [7, 11) is -1.09. The molecule has 0 bridgehead atoms. The Balaban J connectivity index is 2.23. The van der Waals surface area contributed by atoms with Gasteiger partial charge in [-0.25, -0.2) is 8.78 Å². The summed E-state index contributed by atoms with van der Waals surface area (Å²) >= 11 is 0. The van der Waals surface area contributed by atoms with Crippen molar-refractivity contribution in [3.05, 3.63) is 40.9 Å². The third kappa shape index (κ3) is 4.04. The molecule has 6 heteroatoms. The minimum atomic E-state index is -1.09. The fraction of sp³-hybridized carbons (Fsp3) is 0.444. The summed E-state index contributed by atoms with van der Waals surface area (Å²) in [6.07, 6.45) is 1.50. The van der Waals surface area contributed by atoms with Gasteiger partial charge in [0.15, 0.2) is 0 Å². The van der Waals surface area contributed by atoms with Gasteiger partial charge in [0.05, 0.1) is 23.4 Å². The van der Waals surface area contributed by atoms with Crippen LogP contribution >= 0.6 is 0 Å². The third-order valence-electron chi connectivity index (χ3n) is 4.23. The van der Waals surface area contributed by atoms with Gasteiger partial charge in [-0.3, -0.25) is 0 Å². The lowest BCUT2D eigenvalue weighted by molar-refractivity contribution is 0.00578. The lowest BCUT2D eigenvalue weighted by Crippen LogP contribution is -2.41. The summed E-state index contributed by atoms with van der Waals surface area (Å²) in [4.78, 5) is 0. The fourth-order valence-electron chi connectivity index (χ4n) is 2.12. The third-order valence-corrected chi connectivity index (χ3v) is 4.23. The predicted octanol–water partition coefficient (Wildman–Crippen LogP) is 3.50. The molecule has 1 saturated heterocycles. The molecule has 1 N–H and O–H groups in total. The molecular weight excluding hydrogens is 313 g/mol. The molecule has 1 aromatic carbocycles. The topological polar surface area (TPSA) is 38.7 Å². The molecule has 3 nitrogen and oxygen atoms in total. The largest absolute Gasteiger partial charge is 0.525 e. The minimum absolute atomic E-state index is 0.0925. The molecule has 0 radical (unpaired) electrons. The molecule has 1 aliphatic rings. The highest BCUT2D eigenvalue weighted by molar-refractivity contribution is 6.54. The molecule has 0 atom stereocenters. The van der Waals surface area contributed by atoms with Crippen LogP contribution in [-0.4, -0.2) is 30.0 Å². The van der Waals surface area contributed by atoms with E-state index in [0.717, 1.165) is 0 Å². The summed E-state index contributed by atoms with van der Waals surface area (Å²) in [6.45, 7) is 7.27. The van der Waals surface area contributed by atoms with Gasteiger partial charge in [0.25, 0.3) is 0 Å². The van der Waals surface area contributed by atoms with Gasteiger partial charge in [0.2, 0.25) is 0 Å². The Morgan fingerprint density at radius 1 is 1.25 bits per heavy atom. The standard InChI is InChI=1S/C18H21BF2O3/c1-17(2)18(3,4)24-19(23-17)16(21)12-13-8-9-15(20)14(11-13)7-5-6-10-22/h8-9,11-12,22H,6,10H2,1-4H3. The van der Waals surface area contributed by atoms with E-state index in [9.17, 15) is 8.78 Å². The molecule has 0 aliphatic carbocycles. The van der Waals surface area contributed by atoms with Gasteiger partial charge in [0.1, 0.15) is 11.5 Å². The number of halogens is 2. The lowest BCUT2D eigenvalue weighted by atomic mass is 9.86. The van der Waals surface area contributed by atoms with Crippen molar-refractivity contribution < 1.29 is 23.2 Å². The van der Waals surface area contributed by atoms with E-state index in [1.807, 2.05) is 27.7 Å². The van der Waals surface area contributed by atoms with E-state index < -0.39 is 29.9 Å². The molecule has 1 heterocycles. The summed E-state index contributed by atoms with van der Waals surface area (Å²) < 4.78 is 39.4. The second-order valence-corrected chi connectivity index (χ2v) is 6.63. The minimum Gasteiger partial charge on any atom is -0.398 e. The van der Waals surface area contributed by atoms with E-state index in [-0.39, 0.29) is 18.6 Å². The molecule has 2 rings (SSSR count). The number of hydrogen-bond acceptors (Lipinski definition) is 3. The number of hydrogen-bond donors (Lipinski definition) is 1. The van der Waals surface area contributed by atoms with Gasteiger partial charge < -0.3 is 14.4 Å². The Bertz CT molecular complexity index is 686. The summed E-state index contributed by atoms with van der Waals surface area (Å²) in [5.74, 6) is 4.78. The first-order valence-corrected chi connectivity index (χ1v) is 7.78. The molecule has 0 unspecified atom stereocenters.